The fourth-order valence-electron chi connectivity index (χ4n) is 2.23. The van der Waals surface area contributed by atoms with Gasteiger partial charge >= 0.3 is 0 Å². The molecule has 0 aliphatic carbocycles. The summed E-state index contributed by atoms with van der Waals surface area (Å²) >= 11 is 1.24. The first kappa shape index (κ1) is 16.3. The molecule has 1 atom stereocenters. The number of para-hydroxylation sites is 1. The monoisotopic (exact) mass is 340 g/mol. The van der Waals surface area contributed by atoms with Crippen LogP contribution in [-0.4, -0.2) is 28.3 Å². The molecule has 3 rings (SSSR count). The van der Waals surface area contributed by atoms with Gasteiger partial charge in [0.05, 0.1) is 17.9 Å². The van der Waals surface area contributed by atoms with Crippen LogP contribution in [0.25, 0.3) is 11.5 Å². The SMILES string of the molecule is COc1ccccc1-c1nnc(SC(C)C(=O)c2ccccc2)o1. The third kappa shape index (κ3) is 3.49. The van der Waals surface area contributed by atoms with Crippen LogP contribution in [-0.2, 0) is 0 Å². The summed E-state index contributed by atoms with van der Waals surface area (Å²) in [5.41, 5.74) is 1.39. The topological polar surface area (TPSA) is 65.2 Å². The number of ketones is 1. The van der Waals surface area contributed by atoms with Gasteiger partial charge in [-0.2, -0.15) is 0 Å². The maximum atomic E-state index is 12.4. The molecular weight excluding hydrogens is 324 g/mol. The van der Waals surface area contributed by atoms with Crippen LogP contribution in [0.3, 0.4) is 0 Å². The third-order valence-corrected chi connectivity index (χ3v) is 4.38. The summed E-state index contributed by atoms with van der Waals surface area (Å²) in [5.74, 6) is 1.05. The Balaban J connectivity index is 1.75. The Morgan fingerprint density at radius 2 is 1.79 bits per heavy atom. The standard InChI is InChI=1S/C18H16N2O3S/c1-12(16(21)13-8-4-3-5-9-13)24-18-20-19-17(23-18)14-10-6-7-11-15(14)22-2/h3-12H,1-2H3. The van der Waals surface area contributed by atoms with Crippen molar-refractivity contribution < 1.29 is 13.9 Å². The van der Waals surface area contributed by atoms with Crippen LogP contribution in [0.5, 0.6) is 5.75 Å². The van der Waals surface area contributed by atoms with Crippen molar-refractivity contribution >= 4 is 17.5 Å². The highest BCUT2D eigenvalue weighted by Gasteiger charge is 2.20. The Morgan fingerprint density at radius 3 is 2.54 bits per heavy atom. The number of benzene rings is 2. The van der Waals surface area contributed by atoms with Crippen LogP contribution in [0, 0.1) is 0 Å². The van der Waals surface area contributed by atoms with Gasteiger partial charge in [0.2, 0.25) is 0 Å². The molecule has 122 valence electrons. The Kier molecular flexibility index (Phi) is 4.96. The summed E-state index contributed by atoms with van der Waals surface area (Å²) in [5, 5.41) is 8.11. The summed E-state index contributed by atoms with van der Waals surface area (Å²) < 4.78 is 11.0. The largest absolute Gasteiger partial charge is 0.496 e. The van der Waals surface area contributed by atoms with E-state index in [2.05, 4.69) is 10.2 Å². The fraction of sp³-hybridized carbons (Fsp3) is 0.167. The first-order valence-corrected chi connectivity index (χ1v) is 8.30. The summed E-state index contributed by atoms with van der Waals surface area (Å²) in [7, 11) is 1.59. The van der Waals surface area contributed by atoms with Crippen LogP contribution in [0.1, 0.15) is 17.3 Å². The van der Waals surface area contributed by atoms with Gasteiger partial charge in [-0.15, -0.1) is 10.2 Å². The number of ether oxygens (including phenoxy) is 1. The van der Waals surface area contributed by atoms with Crippen LogP contribution in [0.4, 0.5) is 0 Å². The van der Waals surface area contributed by atoms with Crippen molar-refractivity contribution in [2.75, 3.05) is 7.11 Å². The third-order valence-electron chi connectivity index (χ3n) is 3.45. The number of aromatic nitrogens is 2. The summed E-state index contributed by atoms with van der Waals surface area (Å²) in [6.07, 6.45) is 0. The van der Waals surface area contributed by atoms with Gasteiger partial charge in [-0.25, -0.2) is 0 Å². The van der Waals surface area contributed by atoms with Crippen molar-refractivity contribution in [2.45, 2.75) is 17.4 Å². The number of rotatable bonds is 6. The molecule has 0 amide bonds. The number of methoxy groups -OCH3 is 1. The second-order valence-corrected chi connectivity index (χ2v) is 6.36. The van der Waals surface area contributed by atoms with Crippen LogP contribution < -0.4 is 4.74 Å². The molecule has 2 aromatic carbocycles. The molecule has 1 heterocycles. The molecule has 0 saturated heterocycles. The first-order valence-electron chi connectivity index (χ1n) is 7.42. The zero-order valence-electron chi connectivity index (χ0n) is 13.3. The zero-order chi connectivity index (χ0) is 16.9. The van der Waals surface area contributed by atoms with Gasteiger partial charge in [-0.1, -0.05) is 54.2 Å². The number of thioether (sulfide) groups is 1. The Bertz CT molecular complexity index is 833. The van der Waals surface area contributed by atoms with E-state index in [0.29, 0.717) is 22.4 Å². The lowest BCUT2D eigenvalue weighted by Gasteiger charge is -2.07. The highest BCUT2D eigenvalue weighted by atomic mass is 32.2. The van der Waals surface area contributed by atoms with E-state index in [1.807, 2.05) is 49.4 Å². The van der Waals surface area contributed by atoms with E-state index in [0.717, 1.165) is 5.56 Å². The number of carbonyl (C=O) groups excluding carboxylic acids is 1. The molecule has 5 nitrogen and oxygen atoms in total. The molecular formula is C18H16N2O3S. The number of nitrogens with zero attached hydrogens (tertiary/aromatic N) is 2. The smallest absolute Gasteiger partial charge is 0.277 e. The molecule has 24 heavy (non-hydrogen) atoms. The van der Waals surface area contributed by atoms with Gasteiger partial charge in [-0.05, 0) is 19.1 Å². The van der Waals surface area contributed by atoms with E-state index in [-0.39, 0.29) is 11.0 Å². The molecule has 0 aliphatic rings. The van der Waals surface area contributed by atoms with Crippen molar-refractivity contribution in [3.63, 3.8) is 0 Å². The average Bonchev–Trinajstić information content (AvgIpc) is 3.10. The van der Waals surface area contributed by atoms with E-state index >= 15 is 0 Å². The molecule has 0 bridgehead atoms. The van der Waals surface area contributed by atoms with E-state index in [1.54, 1.807) is 19.2 Å². The molecule has 0 N–H and O–H groups in total. The van der Waals surface area contributed by atoms with E-state index in [4.69, 9.17) is 9.15 Å². The number of carbonyl (C=O) groups is 1. The molecule has 3 aromatic rings. The van der Waals surface area contributed by atoms with E-state index in [9.17, 15) is 4.79 Å². The highest BCUT2D eigenvalue weighted by molar-refractivity contribution is 8.00. The second kappa shape index (κ2) is 7.31. The maximum absolute atomic E-state index is 12.4. The lowest BCUT2D eigenvalue weighted by molar-refractivity contribution is 0.0993. The van der Waals surface area contributed by atoms with Crippen molar-refractivity contribution in [1.29, 1.82) is 0 Å². The summed E-state index contributed by atoms with van der Waals surface area (Å²) in [6, 6.07) is 16.6. The quantitative estimate of drug-likeness (QED) is 0.497. The molecule has 0 fully saturated rings. The molecule has 0 aliphatic heterocycles. The van der Waals surface area contributed by atoms with Crippen molar-refractivity contribution in [2.24, 2.45) is 0 Å². The second-order valence-electron chi connectivity index (χ2n) is 5.06. The summed E-state index contributed by atoms with van der Waals surface area (Å²) in [6.45, 7) is 1.83. The zero-order valence-corrected chi connectivity index (χ0v) is 14.1. The predicted octanol–water partition coefficient (Wildman–Crippen LogP) is 4.11. The number of hydrogen-bond donors (Lipinski definition) is 0. The van der Waals surface area contributed by atoms with Crippen LogP contribution >= 0.6 is 11.8 Å². The lowest BCUT2D eigenvalue weighted by atomic mass is 10.1. The normalized spacial score (nSPS) is 11.9. The Hall–Kier alpha value is -2.60. The van der Waals surface area contributed by atoms with Gasteiger partial charge in [0.25, 0.3) is 11.1 Å². The molecule has 1 unspecified atom stereocenters. The van der Waals surface area contributed by atoms with E-state index < -0.39 is 0 Å². The van der Waals surface area contributed by atoms with Crippen molar-refractivity contribution in [3.8, 4) is 17.2 Å². The minimum atomic E-state index is -0.321. The Labute approximate surface area is 144 Å². The molecule has 1 aromatic heterocycles. The fourth-order valence-corrected chi connectivity index (χ4v) is 2.99. The van der Waals surface area contributed by atoms with E-state index in [1.165, 1.54) is 11.8 Å². The number of hydrogen-bond acceptors (Lipinski definition) is 6. The molecule has 0 saturated carbocycles. The van der Waals surface area contributed by atoms with Crippen molar-refractivity contribution in [1.82, 2.24) is 10.2 Å². The average molecular weight is 340 g/mol. The Morgan fingerprint density at radius 1 is 1.08 bits per heavy atom. The minimum Gasteiger partial charge on any atom is -0.496 e. The lowest BCUT2D eigenvalue weighted by Crippen LogP contribution is -2.13. The number of Topliss-reactive ketones (excluding diaryl/α,β-unsaturated/α-hetero) is 1. The van der Waals surface area contributed by atoms with Gasteiger partial charge in [0, 0.05) is 5.56 Å². The first-order chi connectivity index (χ1) is 11.7. The van der Waals surface area contributed by atoms with Gasteiger partial charge < -0.3 is 9.15 Å². The highest BCUT2D eigenvalue weighted by Crippen LogP contribution is 2.32. The van der Waals surface area contributed by atoms with Crippen LogP contribution in [0.2, 0.25) is 0 Å². The van der Waals surface area contributed by atoms with Gasteiger partial charge in [0.15, 0.2) is 5.78 Å². The predicted molar refractivity (Wildman–Crippen MR) is 92.4 cm³/mol. The molecule has 0 spiro atoms. The van der Waals surface area contributed by atoms with Gasteiger partial charge in [0.1, 0.15) is 5.75 Å². The van der Waals surface area contributed by atoms with Gasteiger partial charge in [-0.3, -0.25) is 4.79 Å². The molecule has 0 radical (unpaired) electrons. The minimum absolute atomic E-state index is 0.0256. The summed E-state index contributed by atoms with van der Waals surface area (Å²) in [4.78, 5) is 12.4. The van der Waals surface area contributed by atoms with Crippen molar-refractivity contribution in [3.05, 3.63) is 60.2 Å². The molecule has 6 heteroatoms. The van der Waals surface area contributed by atoms with Crippen LogP contribution in [0.15, 0.2) is 64.2 Å². The maximum Gasteiger partial charge on any atom is 0.277 e.